The van der Waals surface area contributed by atoms with Crippen LogP contribution in [0.2, 0.25) is 0 Å². The molecule has 0 aliphatic carbocycles. The van der Waals surface area contributed by atoms with Crippen LogP contribution >= 0.6 is 0 Å². The minimum absolute atomic E-state index is 0.199. The highest BCUT2D eigenvalue weighted by molar-refractivity contribution is 5.78. The fourth-order valence-corrected chi connectivity index (χ4v) is 3.00. The maximum Gasteiger partial charge on any atom is 0.234 e. The van der Waals surface area contributed by atoms with E-state index in [-0.39, 0.29) is 5.91 Å². The number of hydrogen-bond acceptors (Lipinski definition) is 4. The second kappa shape index (κ2) is 7.82. The summed E-state index contributed by atoms with van der Waals surface area (Å²) >= 11 is 0. The second-order valence-corrected chi connectivity index (χ2v) is 5.68. The highest BCUT2D eigenvalue weighted by atomic mass is 16.2. The van der Waals surface area contributed by atoms with Crippen LogP contribution in [0.4, 0.5) is 0 Å². The third kappa shape index (κ3) is 5.09. The van der Waals surface area contributed by atoms with Crippen LogP contribution in [0, 0.1) is 0 Å². The van der Waals surface area contributed by atoms with Crippen molar-refractivity contribution in [1.82, 2.24) is 20.4 Å². The Balaban J connectivity index is 1.70. The normalized spacial score (nSPS) is 26.9. The number of likely N-dealkylation sites (tertiary alicyclic amines) is 1. The van der Waals surface area contributed by atoms with Gasteiger partial charge >= 0.3 is 0 Å². The van der Waals surface area contributed by atoms with Crippen molar-refractivity contribution in [2.75, 3.05) is 52.4 Å². The Labute approximate surface area is 116 Å². The predicted octanol–water partition coefficient (Wildman–Crippen LogP) is -0.118. The molecule has 0 aromatic carbocycles. The number of amides is 1. The molecule has 0 saturated carbocycles. The van der Waals surface area contributed by atoms with Gasteiger partial charge in [0.15, 0.2) is 0 Å². The van der Waals surface area contributed by atoms with Crippen molar-refractivity contribution in [2.45, 2.75) is 32.2 Å². The number of piperidine rings is 1. The van der Waals surface area contributed by atoms with Crippen molar-refractivity contribution in [3.8, 4) is 0 Å². The first kappa shape index (κ1) is 14.8. The van der Waals surface area contributed by atoms with Gasteiger partial charge in [-0.1, -0.05) is 6.92 Å². The van der Waals surface area contributed by atoms with Gasteiger partial charge in [0.1, 0.15) is 0 Å². The van der Waals surface area contributed by atoms with Crippen LogP contribution in [-0.4, -0.2) is 74.1 Å². The van der Waals surface area contributed by atoms with Crippen molar-refractivity contribution in [3.63, 3.8) is 0 Å². The molecule has 1 unspecified atom stereocenters. The van der Waals surface area contributed by atoms with Gasteiger partial charge in [0.25, 0.3) is 0 Å². The van der Waals surface area contributed by atoms with Gasteiger partial charge in [-0.2, -0.15) is 0 Å². The maximum atomic E-state index is 12.1. The lowest BCUT2D eigenvalue weighted by atomic mass is 10.1. The molecule has 110 valence electrons. The van der Waals surface area contributed by atoms with Crippen LogP contribution < -0.4 is 10.6 Å². The molecule has 2 aliphatic heterocycles. The molecule has 2 rings (SSSR count). The smallest absolute Gasteiger partial charge is 0.234 e. The number of carbonyl (C=O) groups excluding carboxylic acids is 1. The van der Waals surface area contributed by atoms with Gasteiger partial charge in [0, 0.05) is 25.7 Å². The summed E-state index contributed by atoms with van der Waals surface area (Å²) in [7, 11) is 0. The van der Waals surface area contributed by atoms with Gasteiger partial charge in [-0.15, -0.1) is 0 Å². The molecule has 1 amide bonds. The van der Waals surface area contributed by atoms with E-state index in [0.717, 1.165) is 52.1 Å². The molecule has 2 saturated heterocycles. The van der Waals surface area contributed by atoms with Crippen LogP contribution in [0.5, 0.6) is 0 Å². The zero-order valence-corrected chi connectivity index (χ0v) is 12.2. The molecule has 19 heavy (non-hydrogen) atoms. The molecule has 0 bridgehead atoms. The third-order valence-corrected chi connectivity index (χ3v) is 4.12. The molecule has 1 atom stereocenters. The number of likely N-dealkylation sites (N-methyl/N-ethyl adjacent to an activating group) is 1. The molecule has 2 aliphatic rings. The fourth-order valence-electron chi connectivity index (χ4n) is 3.00. The minimum atomic E-state index is 0.199. The van der Waals surface area contributed by atoms with Crippen molar-refractivity contribution in [1.29, 1.82) is 0 Å². The zero-order valence-electron chi connectivity index (χ0n) is 12.2. The van der Waals surface area contributed by atoms with Gasteiger partial charge in [0.2, 0.25) is 5.91 Å². The SMILES string of the molecule is CCN1CCCC(NC(=O)CN2CCCNCC2)C1. The van der Waals surface area contributed by atoms with Gasteiger partial charge < -0.3 is 15.5 Å². The van der Waals surface area contributed by atoms with Crippen LogP contribution in [0.15, 0.2) is 0 Å². The lowest BCUT2D eigenvalue weighted by molar-refractivity contribution is -0.123. The number of nitrogens with one attached hydrogen (secondary N) is 2. The maximum absolute atomic E-state index is 12.1. The molecule has 5 nitrogen and oxygen atoms in total. The predicted molar refractivity (Wildman–Crippen MR) is 77.2 cm³/mol. The largest absolute Gasteiger partial charge is 0.351 e. The molecule has 0 aromatic rings. The third-order valence-electron chi connectivity index (χ3n) is 4.12. The van der Waals surface area contributed by atoms with Crippen LogP contribution in [-0.2, 0) is 4.79 Å². The molecular weight excluding hydrogens is 240 g/mol. The molecule has 0 spiro atoms. The van der Waals surface area contributed by atoms with Crippen molar-refractivity contribution >= 4 is 5.91 Å². The second-order valence-electron chi connectivity index (χ2n) is 5.68. The fraction of sp³-hybridized carbons (Fsp3) is 0.929. The summed E-state index contributed by atoms with van der Waals surface area (Å²) in [5.41, 5.74) is 0. The van der Waals surface area contributed by atoms with Gasteiger partial charge in [-0.3, -0.25) is 9.69 Å². The molecule has 2 N–H and O–H groups in total. The molecule has 0 radical (unpaired) electrons. The average Bonchev–Trinajstić information content (AvgIpc) is 2.67. The van der Waals surface area contributed by atoms with Crippen LogP contribution in [0.1, 0.15) is 26.2 Å². The summed E-state index contributed by atoms with van der Waals surface area (Å²) in [5, 5.41) is 6.57. The number of nitrogens with zero attached hydrogens (tertiary/aromatic N) is 2. The lowest BCUT2D eigenvalue weighted by Crippen LogP contribution is -2.50. The summed E-state index contributed by atoms with van der Waals surface area (Å²) in [4.78, 5) is 16.8. The summed E-state index contributed by atoms with van der Waals surface area (Å²) in [6.07, 6.45) is 3.47. The van der Waals surface area contributed by atoms with Gasteiger partial charge in [0.05, 0.1) is 6.54 Å². The van der Waals surface area contributed by atoms with Gasteiger partial charge in [-0.25, -0.2) is 0 Å². The lowest BCUT2D eigenvalue weighted by Gasteiger charge is -2.32. The highest BCUT2D eigenvalue weighted by Gasteiger charge is 2.21. The first-order valence-corrected chi connectivity index (χ1v) is 7.72. The standard InChI is InChI=1S/C14H28N4O/c1-2-17-8-3-5-13(11-17)16-14(19)12-18-9-4-6-15-7-10-18/h13,15H,2-12H2,1H3,(H,16,19). The van der Waals surface area contributed by atoms with E-state index in [0.29, 0.717) is 12.6 Å². The van der Waals surface area contributed by atoms with E-state index >= 15 is 0 Å². The Kier molecular flexibility index (Phi) is 6.07. The quantitative estimate of drug-likeness (QED) is 0.746. The summed E-state index contributed by atoms with van der Waals surface area (Å²) in [6.45, 7) is 10.1. The Morgan fingerprint density at radius 1 is 1.21 bits per heavy atom. The first-order valence-electron chi connectivity index (χ1n) is 7.72. The van der Waals surface area contributed by atoms with E-state index in [1.54, 1.807) is 0 Å². The molecule has 2 heterocycles. The molecule has 5 heteroatoms. The topological polar surface area (TPSA) is 47.6 Å². The van der Waals surface area contributed by atoms with Crippen LogP contribution in [0.25, 0.3) is 0 Å². The highest BCUT2D eigenvalue weighted by Crippen LogP contribution is 2.09. The Hall–Kier alpha value is -0.650. The number of rotatable bonds is 4. The summed E-state index contributed by atoms with van der Waals surface area (Å²) < 4.78 is 0. The molecule has 2 fully saturated rings. The van der Waals surface area contributed by atoms with E-state index in [1.165, 1.54) is 13.0 Å². The van der Waals surface area contributed by atoms with Crippen molar-refractivity contribution in [2.24, 2.45) is 0 Å². The molecular formula is C14H28N4O. The van der Waals surface area contributed by atoms with Crippen molar-refractivity contribution < 1.29 is 4.79 Å². The number of hydrogen-bond donors (Lipinski definition) is 2. The van der Waals surface area contributed by atoms with E-state index in [9.17, 15) is 4.79 Å². The summed E-state index contributed by atoms with van der Waals surface area (Å²) in [5.74, 6) is 0.199. The minimum Gasteiger partial charge on any atom is -0.351 e. The van der Waals surface area contributed by atoms with Crippen LogP contribution in [0.3, 0.4) is 0 Å². The van der Waals surface area contributed by atoms with E-state index in [1.807, 2.05) is 0 Å². The average molecular weight is 268 g/mol. The van der Waals surface area contributed by atoms with E-state index in [2.05, 4.69) is 27.4 Å². The Morgan fingerprint density at radius 3 is 2.89 bits per heavy atom. The summed E-state index contributed by atoms with van der Waals surface area (Å²) in [6, 6.07) is 0.353. The van der Waals surface area contributed by atoms with Gasteiger partial charge in [-0.05, 0) is 45.4 Å². The Morgan fingerprint density at radius 2 is 2.05 bits per heavy atom. The monoisotopic (exact) mass is 268 g/mol. The van der Waals surface area contributed by atoms with Crippen molar-refractivity contribution in [3.05, 3.63) is 0 Å². The number of carbonyl (C=O) groups is 1. The zero-order chi connectivity index (χ0) is 13.5. The van der Waals surface area contributed by atoms with E-state index < -0.39 is 0 Å². The first-order chi connectivity index (χ1) is 9.28. The Bertz CT molecular complexity index is 277. The molecule has 0 aromatic heterocycles. The van der Waals surface area contributed by atoms with E-state index in [4.69, 9.17) is 0 Å².